The molecule has 0 aromatic heterocycles. The van der Waals surface area contributed by atoms with E-state index in [1.165, 1.54) is 0 Å². The summed E-state index contributed by atoms with van der Waals surface area (Å²) in [6, 6.07) is 0. The number of carbonyl (C=O) groups is 2. The summed E-state index contributed by atoms with van der Waals surface area (Å²) in [6.45, 7) is 5.60. The van der Waals surface area contributed by atoms with Crippen molar-refractivity contribution in [3.63, 3.8) is 0 Å². The maximum absolute atomic E-state index is 11.5. The first-order valence-electron chi connectivity index (χ1n) is 4.88. The fourth-order valence-electron chi connectivity index (χ4n) is 1.00. The largest absolute Gasteiger partial charge is 0.481 e. The number of ether oxygens (including phenoxy) is 1. The second kappa shape index (κ2) is 5.70. The van der Waals surface area contributed by atoms with Gasteiger partial charge in [-0.3, -0.25) is 9.59 Å². The maximum atomic E-state index is 11.5. The Morgan fingerprint density at radius 3 is 2.27 bits per heavy atom. The average molecular weight is 217 g/mol. The van der Waals surface area contributed by atoms with Gasteiger partial charge in [0.05, 0.1) is 0 Å². The predicted molar refractivity (Wildman–Crippen MR) is 55.5 cm³/mol. The molecule has 0 aliphatic rings. The minimum absolute atomic E-state index is 0.237. The Morgan fingerprint density at radius 2 is 1.93 bits per heavy atom. The van der Waals surface area contributed by atoms with Gasteiger partial charge in [-0.15, -0.1) is 0 Å². The molecule has 0 rings (SSSR count). The van der Waals surface area contributed by atoms with E-state index in [1.54, 1.807) is 27.8 Å². The lowest BCUT2D eigenvalue weighted by Crippen LogP contribution is -2.34. The third kappa shape index (κ3) is 6.06. The molecule has 1 atom stereocenters. The van der Waals surface area contributed by atoms with E-state index in [-0.39, 0.29) is 6.42 Å². The number of rotatable bonds is 5. The Balaban J connectivity index is 4.36. The van der Waals surface area contributed by atoms with Gasteiger partial charge in [0.25, 0.3) is 0 Å². The zero-order valence-electron chi connectivity index (χ0n) is 9.66. The Bertz CT molecular complexity index is 232. The summed E-state index contributed by atoms with van der Waals surface area (Å²) in [6.07, 6.45) is 0.237. The molecule has 0 amide bonds. The molecule has 1 unspecified atom stereocenters. The summed E-state index contributed by atoms with van der Waals surface area (Å²) >= 11 is 0. The van der Waals surface area contributed by atoms with Gasteiger partial charge in [0.15, 0.2) is 5.92 Å². The van der Waals surface area contributed by atoms with Crippen LogP contribution >= 0.6 is 0 Å². The van der Waals surface area contributed by atoms with Gasteiger partial charge in [-0.05, 0) is 40.8 Å². The van der Waals surface area contributed by atoms with Gasteiger partial charge in [0.2, 0.25) is 0 Å². The molecule has 0 aromatic rings. The molecule has 0 radical (unpaired) electrons. The number of nitrogens with one attached hydrogen (secondary N) is 1. The summed E-state index contributed by atoms with van der Waals surface area (Å²) in [5, 5.41) is 11.6. The lowest BCUT2D eigenvalue weighted by molar-refractivity contribution is -0.167. The van der Waals surface area contributed by atoms with Crippen LogP contribution in [0.3, 0.4) is 0 Å². The van der Waals surface area contributed by atoms with Crippen LogP contribution in [0.2, 0.25) is 0 Å². The molecule has 0 heterocycles. The van der Waals surface area contributed by atoms with E-state index in [1.807, 2.05) is 0 Å². The van der Waals surface area contributed by atoms with Gasteiger partial charge in [-0.1, -0.05) is 0 Å². The van der Waals surface area contributed by atoms with Gasteiger partial charge >= 0.3 is 11.9 Å². The summed E-state index contributed by atoms with van der Waals surface area (Å²) in [5.41, 5.74) is -0.648. The molecule has 15 heavy (non-hydrogen) atoms. The average Bonchev–Trinajstić information content (AvgIpc) is 2.00. The van der Waals surface area contributed by atoms with Gasteiger partial charge in [0, 0.05) is 0 Å². The topological polar surface area (TPSA) is 75.6 Å². The van der Waals surface area contributed by atoms with Crippen LogP contribution in [0.5, 0.6) is 0 Å². The SMILES string of the molecule is CNCCC(C(=O)O)C(=O)OC(C)(C)C. The Labute approximate surface area is 89.8 Å². The number of carboxylic acid groups (broad SMARTS) is 1. The van der Waals surface area contributed by atoms with Crippen LogP contribution in [0.1, 0.15) is 27.2 Å². The van der Waals surface area contributed by atoms with Crippen LogP contribution in [0.25, 0.3) is 0 Å². The van der Waals surface area contributed by atoms with E-state index in [9.17, 15) is 9.59 Å². The van der Waals surface area contributed by atoms with Crippen LogP contribution in [-0.4, -0.2) is 36.2 Å². The number of carbonyl (C=O) groups excluding carboxylic acids is 1. The first kappa shape index (κ1) is 13.9. The van der Waals surface area contributed by atoms with Crippen LogP contribution in [0, 0.1) is 5.92 Å². The minimum Gasteiger partial charge on any atom is -0.481 e. The van der Waals surface area contributed by atoms with Crippen LogP contribution in [0.15, 0.2) is 0 Å². The van der Waals surface area contributed by atoms with Crippen LogP contribution in [-0.2, 0) is 14.3 Å². The van der Waals surface area contributed by atoms with E-state index in [0.717, 1.165) is 0 Å². The summed E-state index contributed by atoms with van der Waals surface area (Å²) in [5.74, 6) is -2.90. The first-order chi connectivity index (χ1) is 6.78. The normalized spacial score (nSPS) is 13.3. The van der Waals surface area contributed by atoms with Gasteiger partial charge in [-0.25, -0.2) is 0 Å². The first-order valence-corrected chi connectivity index (χ1v) is 4.88. The standard InChI is InChI=1S/C10H19NO4/c1-10(2,3)15-9(14)7(8(12)13)5-6-11-4/h7,11H,5-6H2,1-4H3,(H,12,13). The highest BCUT2D eigenvalue weighted by molar-refractivity contribution is 5.94. The monoisotopic (exact) mass is 217 g/mol. The van der Waals surface area contributed by atoms with Crippen LogP contribution in [0.4, 0.5) is 0 Å². The van der Waals surface area contributed by atoms with E-state index in [0.29, 0.717) is 6.54 Å². The molecular weight excluding hydrogens is 198 g/mol. The highest BCUT2D eigenvalue weighted by Gasteiger charge is 2.30. The third-order valence-corrected chi connectivity index (χ3v) is 1.67. The summed E-state index contributed by atoms with van der Waals surface area (Å²) in [4.78, 5) is 22.3. The second-order valence-corrected chi connectivity index (χ2v) is 4.32. The number of carboxylic acids is 1. The van der Waals surface area contributed by atoms with Gasteiger partial charge in [0.1, 0.15) is 5.60 Å². The molecular formula is C10H19NO4. The second-order valence-electron chi connectivity index (χ2n) is 4.32. The number of aliphatic carboxylic acids is 1. The minimum atomic E-state index is -1.14. The molecule has 0 aromatic carbocycles. The Morgan fingerprint density at radius 1 is 1.40 bits per heavy atom. The zero-order valence-corrected chi connectivity index (χ0v) is 9.66. The van der Waals surface area contributed by atoms with Crippen molar-refractivity contribution in [3.8, 4) is 0 Å². The molecule has 88 valence electrons. The smallest absolute Gasteiger partial charge is 0.320 e. The van der Waals surface area contributed by atoms with Crippen LogP contribution < -0.4 is 5.32 Å². The van der Waals surface area contributed by atoms with Crippen molar-refractivity contribution in [1.82, 2.24) is 5.32 Å². The van der Waals surface area contributed by atoms with Crippen molar-refractivity contribution in [3.05, 3.63) is 0 Å². The van der Waals surface area contributed by atoms with E-state index >= 15 is 0 Å². The molecule has 0 aliphatic carbocycles. The van der Waals surface area contributed by atoms with E-state index < -0.39 is 23.5 Å². The summed E-state index contributed by atoms with van der Waals surface area (Å²) < 4.78 is 5.01. The lowest BCUT2D eigenvalue weighted by Gasteiger charge is -2.22. The van der Waals surface area contributed by atoms with E-state index in [4.69, 9.17) is 9.84 Å². The van der Waals surface area contributed by atoms with Crippen molar-refractivity contribution in [2.75, 3.05) is 13.6 Å². The Kier molecular flexibility index (Phi) is 5.28. The molecule has 5 nitrogen and oxygen atoms in total. The van der Waals surface area contributed by atoms with Gasteiger partial charge in [-0.2, -0.15) is 0 Å². The molecule has 0 aliphatic heterocycles. The number of esters is 1. The highest BCUT2D eigenvalue weighted by atomic mass is 16.6. The lowest BCUT2D eigenvalue weighted by atomic mass is 10.1. The highest BCUT2D eigenvalue weighted by Crippen LogP contribution is 2.13. The fourth-order valence-corrected chi connectivity index (χ4v) is 1.00. The zero-order chi connectivity index (χ0) is 12.1. The molecule has 0 fully saturated rings. The van der Waals surface area contributed by atoms with E-state index in [2.05, 4.69) is 5.32 Å². The third-order valence-electron chi connectivity index (χ3n) is 1.67. The van der Waals surface area contributed by atoms with Crippen molar-refractivity contribution in [1.29, 1.82) is 0 Å². The van der Waals surface area contributed by atoms with Crippen molar-refractivity contribution in [2.45, 2.75) is 32.8 Å². The summed E-state index contributed by atoms with van der Waals surface area (Å²) in [7, 11) is 1.70. The Hall–Kier alpha value is -1.10. The molecule has 0 saturated carbocycles. The quantitative estimate of drug-likeness (QED) is 0.522. The molecule has 5 heteroatoms. The molecule has 0 spiro atoms. The number of hydrogen-bond donors (Lipinski definition) is 2. The van der Waals surface area contributed by atoms with Gasteiger partial charge < -0.3 is 15.2 Å². The van der Waals surface area contributed by atoms with Crippen molar-refractivity contribution < 1.29 is 19.4 Å². The molecule has 0 saturated heterocycles. The maximum Gasteiger partial charge on any atom is 0.320 e. The fraction of sp³-hybridized carbons (Fsp3) is 0.800. The molecule has 0 bridgehead atoms. The molecule has 2 N–H and O–H groups in total. The van der Waals surface area contributed by atoms with Crippen molar-refractivity contribution in [2.24, 2.45) is 5.92 Å². The van der Waals surface area contributed by atoms with Crippen molar-refractivity contribution >= 4 is 11.9 Å². The number of hydrogen-bond acceptors (Lipinski definition) is 4. The predicted octanol–water partition coefficient (Wildman–Crippen LogP) is 0.638.